The Balaban J connectivity index is 2.27. The Morgan fingerprint density at radius 3 is 2.38 bits per heavy atom. The molecule has 0 spiro atoms. The summed E-state index contributed by atoms with van der Waals surface area (Å²) < 4.78 is 29.9. The second-order valence-corrected chi connectivity index (χ2v) is 6.14. The molecule has 2 N–H and O–H groups in total. The quantitative estimate of drug-likeness (QED) is 0.920. The van der Waals surface area contributed by atoms with Gasteiger partial charge in [-0.1, -0.05) is 18.7 Å². The number of nitrogens with two attached hydrogens (primary N) is 1. The van der Waals surface area contributed by atoms with E-state index in [0.717, 1.165) is 23.9 Å². The van der Waals surface area contributed by atoms with Gasteiger partial charge >= 0.3 is 0 Å². The van der Waals surface area contributed by atoms with Crippen molar-refractivity contribution in [1.29, 1.82) is 0 Å². The van der Waals surface area contributed by atoms with Crippen LogP contribution in [0.4, 0.5) is 8.78 Å². The fourth-order valence-electron chi connectivity index (χ4n) is 2.06. The van der Waals surface area contributed by atoms with E-state index in [9.17, 15) is 8.78 Å². The third-order valence-electron chi connectivity index (χ3n) is 3.25. The van der Waals surface area contributed by atoms with E-state index in [2.05, 4.69) is 5.10 Å². The molecule has 1 aromatic carbocycles. The first-order chi connectivity index (χ1) is 9.90. The minimum absolute atomic E-state index is 0.00757. The highest BCUT2D eigenvalue weighted by atomic mass is 32.2. The molecule has 0 fully saturated rings. The van der Waals surface area contributed by atoms with E-state index in [1.54, 1.807) is 17.8 Å². The van der Waals surface area contributed by atoms with E-state index in [-0.39, 0.29) is 10.9 Å². The zero-order valence-corrected chi connectivity index (χ0v) is 13.2. The van der Waals surface area contributed by atoms with Crippen molar-refractivity contribution in [1.82, 2.24) is 9.78 Å². The Morgan fingerprint density at radius 1 is 1.29 bits per heavy atom. The molecule has 0 bridgehead atoms. The summed E-state index contributed by atoms with van der Waals surface area (Å²) in [6.07, 6.45) is 1.24. The molecule has 21 heavy (non-hydrogen) atoms. The molecule has 0 saturated carbocycles. The molecular weight excluding hydrogens is 292 g/mol. The molecular formula is C15H19F2N3S. The van der Waals surface area contributed by atoms with Crippen LogP contribution < -0.4 is 5.73 Å². The van der Waals surface area contributed by atoms with E-state index in [1.165, 1.54) is 12.1 Å². The predicted octanol–water partition coefficient (Wildman–Crippen LogP) is 3.44. The monoisotopic (exact) mass is 311 g/mol. The molecule has 1 aromatic heterocycles. The molecule has 0 saturated heterocycles. The lowest BCUT2D eigenvalue weighted by Gasteiger charge is -2.11. The third kappa shape index (κ3) is 3.83. The molecule has 3 nitrogen and oxygen atoms in total. The summed E-state index contributed by atoms with van der Waals surface area (Å²) in [7, 11) is 1.75. The third-order valence-corrected chi connectivity index (χ3v) is 4.43. The maximum absolute atomic E-state index is 14.2. The average molecular weight is 311 g/mol. The van der Waals surface area contributed by atoms with Crippen LogP contribution in [0.2, 0.25) is 0 Å². The molecule has 0 aliphatic heterocycles. The van der Waals surface area contributed by atoms with Gasteiger partial charge in [0.05, 0.1) is 15.6 Å². The van der Waals surface area contributed by atoms with Gasteiger partial charge in [0, 0.05) is 13.1 Å². The average Bonchev–Trinajstić information content (AvgIpc) is 2.72. The summed E-state index contributed by atoms with van der Waals surface area (Å²) in [5.41, 5.74) is 7.23. The van der Waals surface area contributed by atoms with Crippen LogP contribution in [0.5, 0.6) is 0 Å². The summed E-state index contributed by atoms with van der Waals surface area (Å²) in [6.45, 7) is 3.79. The van der Waals surface area contributed by atoms with Crippen molar-refractivity contribution >= 4 is 11.8 Å². The predicted molar refractivity (Wildman–Crippen MR) is 80.4 cm³/mol. The van der Waals surface area contributed by atoms with Crippen LogP contribution in [-0.4, -0.2) is 15.8 Å². The molecule has 0 aliphatic rings. The van der Waals surface area contributed by atoms with Gasteiger partial charge in [0.1, 0.15) is 11.6 Å². The van der Waals surface area contributed by atoms with Crippen molar-refractivity contribution < 1.29 is 8.78 Å². The van der Waals surface area contributed by atoms with Gasteiger partial charge in [0.25, 0.3) is 0 Å². The molecule has 1 atom stereocenters. The molecule has 0 amide bonds. The molecule has 1 heterocycles. The van der Waals surface area contributed by atoms with Crippen molar-refractivity contribution in [2.45, 2.75) is 42.7 Å². The minimum Gasteiger partial charge on any atom is -0.327 e. The molecule has 6 heteroatoms. The van der Waals surface area contributed by atoms with Gasteiger partial charge in [0.15, 0.2) is 0 Å². The highest BCUT2D eigenvalue weighted by Crippen LogP contribution is 2.33. The van der Waals surface area contributed by atoms with Gasteiger partial charge in [-0.25, -0.2) is 8.78 Å². The van der Waals surface area contributed by atoms with Crippen LogP contribution in [0.3, 0.4) is 0 Å². The Bertz CT molecular complexity index is 617. The second kappa shape index (κ2) is 6.58. The Labute approximate surface area is 127 Å². The minimum atomic E-state index is -0.558. The molecule has 114 valence electrons. The van der Waals surface area contributed by atoms with E-state index in [1.807, 2.05) is 13.8 Å². The van der Waals surface area contributed by atoms with Crippen LogP contribution in [0, 0.1) is 18.6 Å². The smallest absolute Gasteiger partial charge is 0.140 e. The Kier molecular flexibility index (Phi) is 5.00. The van der Waals surface area contributed by atoms with Gasteiger partial charge < -0.3 is 5.73 Å². The Hall–Kier alpha value is -1.40. The summed E-state index contributed by atoms with van der Waals surface area (Å²) in [5.74, 6) is -1.12. The first-order valence-electron chi connectivity index (χ1n) is 6.82. The van der Waals surface area contributed by atoms with Crippen LogP contribution in [0.1, 0.15) is 24.6 Å². The fraction of sp³-hybridized carbons (Fsp3) is 0.400. The lowest BCUT2D eigenvalue weighted by atomic mass is 10.0. The fourth-order valence-corrected chi connectivity index (χ4v) is 2.99. The van der Waals surface area contributed by atoms with Gasteiger partial charge in [-0.15, -0.1) is 0 Å². The number of aromatic nitrogens is 2. The Morgan fingerprint density at radius 2 is 1.90 bits per heavy atom. The second-order valence-electron chi connectivity index (χ2n) is 5.11. The maximum Gasteiger partial charge on any atom is 0.140 e. The first-order valence-corrected chi connectivity index (χ1v) is 7.64. The standard InChI is InChI=1S/C15H19F2N3S/c1-4-11(18)6-10-7-12(16)15(13(17)8-10)21-14-5-9(2)19-20(14)3/h5,7-8,11H,4,6,18H2,1-3H3. The number of benzene rings is 1. The van der Waals surface area contributed by atoms with E-state index >= 15 is 0 Å². The van der Waals surface area contributed by atoms with Gasteiger partial charge in [-0.05, 0) is 43.5 Å². The number of rotatable bonds is 5. The molecule has 2 rings (SSSR count). The van der Waals surface area contributed by atoms with E-state index in [0.29, 0.717) is 17.0 Å². The maximum atomic E-state index is 14.2. The van der Waals surface area contributed by atoms with Crippen LogP contribution in [0.25, 0.3) is 0 Å². The molecule has 0 aliphatic carbocycles. The number of aryl methyl sites for hydroxylation is 2. The highest BCUT2D eigenvalue weighted by Gasteiger charge is 2.16. The topological polar surface area (TPSA) is 43.8 Å². The van der Waals surface area contributed by atoms with Crippen molar-refractivity contribution in [3.05, 3.63) is 41.1 Å². The number of nitrogens with zero attached hydrogens (tertiary/aromatic N) is 2. The zero-order chi connectivity index (χ0) is 15.6. The zero-order valence-electron chi connectivity index (χ0n) is 12.4. The summed E-state index contributed by atoms with van der Waals surface area (Å²) in [5, 5.41) is 4.87. The van der Waals surface area contributed by atoms with Crippen molar-refractivity contribution in [2.24, 2.45) is 12.8 Å². The summed E-state index contributed by atoms with van der Waals surface area (Å²) in [6, 6.07) is 4.45. The van der Waals surface area contributed by atoms with Crippen molar-refractivity contribution in [3.63, 3.8) is 0 Å². The van der Waals surface area contributed by atoms with Crippen LogP contribution in [0.15, 0.2) is 28.1 Å². The SMILES string of the molecule is CCC(N)Cc1cc(F)c(Sc2cc(C)nn2C)c(F)c1. The van der Waals surface area contributed by atoms with E-state index in [4.69, 9.17) is 5.73 Å². The normalized spacial score (nSPS) is 12.7. The highest BCUT2D eigenvalue weighted by molar-refractivity contribution is 7.99. The molecule has 2 aromatic rings. The summed E-state index contributed by atoms with van der Waals surface area (Å²) in [4.78, 5) is -0.00757. The van der Waals surface area contributed by atoms with Crippen LogP contribution >= 0.6 is 11.8 Å². The lowest BCUT2D eigenvalue weighted by molar-refractivity contribution is 0.533. The van der Waals surface area contributed by atoms with Gasteiger partial charge in [-0.2, -0.15) is 5.10 Å². The lowest BCUT2D eigenvalue weighted by Crippen LogP contribution is -2.21. The number of hydrogen-bond donors (Lipinski definition) is 1. The molecule has 1 unspecified atom stereocenters. The molecule has 0 radical (unpaired) electrons. The van der Waals surface area contributed by atoms with Crippen molar-refractivity contribution in [3.8, 4) is 0 Å². The summed E-state index contributed by atoms with van der Waals surface area (Å²) >= 11 is 1.04. The first kappa shape index (κ1) is 16.0. The van der Waals surface area contributed by atoms with Gasteiger partial charge in [-0.3, -0.25) is 4.68 Å². The number of halogens is 2. The van der Waals surface area contributed by atoms with Gasteiger partial charge in [0.2, 0.25) is 0 Å². The largest absolute Gasteiger partial charge is 0.327 e. The van der Waals surface area contributed by atoms with E-state index < -0.39 is 11.6 Å². The number of hydrogen-bond acceptors (Lipinski definition) is 3. The van der Waals surface area contributed by atoms with Crippen LogP contribution in [-0.2, 0) is 13.5 Å². The van der Waals surface area contributed by atoms with Crippen molar-refractivity contribution in [2.75, 3.05) is 0 Å².